The van der Waals surface area contributed by atoms with Gasteiger partial charge in [-0.2, -0.15) is 0 Å². The highest BCUT2D eigenvalue weighted by Crippen LogP contribution is 2.25. The van der Waals surface area contributed by atoms with Crippen LogP contribution in [0.15, 0.2) is 18.2 Å². The first-order valence-electron chi connectivity index (χ1n) is 8.54. The van der Waals surface area contributed by atoms with Crippen LogP contribution in [0.1, 0.15) is 38.2 Å². The van der Waals surface area contributed by atoms with Crippen LogP contribution in [-0.4, -0.2) is 37.3 Å². The predicted molar refractivity (Wildman–Crippen MR) is 89.9 cm³/mol. The molecule has 0 aromatic heterocycles. The van der Waals surface area contributed by atoms with Gasteiger partial charge in [-0.15, -0.1) is 0 Å². The molecule has 2 N–H and O–H groups in total. The molecule has 126 valence electrons. The lowest BCUT2D eigenvalue weighted by Gasteiger charge is -2.24. The van der Waals surface area contributed by atoms with Gasteiger partial charge in [0.25, 0.3) is 0 Å². The first-order valence-corrected chi connectivity index (χ1v) is 8.54. The minimum Gasteiger partial charge on any atom is -0.490 e. The molecule has 1 aliphatic carbocycles. The molecule has 0 bridgehead atoms. The SMILES string of the molecule is Cc1cc(N[C@H](C)C(=O)NC2CC2)ccc1OC1CCOCC1. The first kappa shape index (κ1) is 16.1. The number of carbonyl (C=O) groups excluding carboxylic acids is 1. The zero-order valence-electron chi connectivity index (χ0n) is 13.9. The Kier molecular flexibility index (Phi) is 5.06. The van der Waals surface area contributed by atoms with Crippen LogP contribution in [0.5, 0.6) is 5.75 Å². The van der Waals surface area contributed by atoms with Crippen molar-refractivity contribution in [2.45, 2.75) is 57.7 Å². The van der Waals surface area contributed by atoms with Crippen LogP contribution in [0.25, 0.3) is 0 Å². The molecule has 1 aromatic carbocycles. The maximum Gasteiger partial charge on any atom is 0.242 e. The van der Waals surface area contributed by atoms with Gasteiger partial charge in [0.2, 0.25) is 5.91 Å². The van der Waals surface area contributed by atoms with Crippen molar-refractivity contribution in [2.24, 2.45) is 0 Å². The first-order chi connectivity index (χ1) is 11.1. The van der Waals surface area contributed by atoms with E-state index in [2.05, 4.69) is 10.6 Å². The summed E-state index contributed by atoms with van der Waals surface area (Å²) in [5.41, 5.74) is 2.02. The standard InChI is InChI=1S/C18H26N2O3/c1-12-11-15(19-13(2)18(21)20-14-3-4-14)5-6-17(12)23-16-7-9-22-10-8-16/h5-6,11,13-14,16,19H,3-4,7-10H2,1-2H3,(H,20,21)/t13-/m1/s1. The third kappa shape index (κ3) is 4.61. The van der Waals surface area contributed by atoms with Gasteiger partial charge in [0.1, 0.15) is 17.9 Å². The van der Waals surface area contributed by atoms with Crippen molar-refractivity contribution >= 4 is 11.6 Å². The molecule has 1 heterocycles. The van der Waals surface area contributed by atoms with Gasteiger partial charge in [0, 0.05) is 24.6 Å². The lowest BCUT2D eigenvalue weighted by atomic mass is 10.1. The second kappa shape index (κ2) is 7.21. The summed E-state index contributed by atoms with van der Waals surface area (Å²) in [5.74, 6) is 0.977. The topological polar surface area (TPSA) is 59.6 Å². The third-order valence-corrected chi connectivity index (χ3v) is 4.34. The monoisotopic (exact) mass is 318 g/mol. The molecule has 5 heteroatoms. The van der Waals surface area contributed by atoms with Gasteiger partial charge in [-0.3, -0.25) is 4.79 Å². The molecule has 0 unspecified atom stereocenters. The molecule has 23 heavy (non-hydrogen) atoms. The Bertz CT molecular complexity index is 551. The highest BCUT2D eigenvalue weighted by atomic mass is 16.5. The van der Waals surface area contributed by atoms with Crippen molar-refractivity contribution in [2.75, 3.05) is 18.5 Å². The lowest BCUT2D eigenvalue weighted by molar-refractivity contribution is -0.121. The van der Waals surface area contributed by atoms with Crippen LogP contribution >= 0.6 is 0 Å². The fraction of sp³-hybridized carbons (Fsp3) is 0.611. The Hall–Kier alpha value is -1.75. The third-order valence-electron chi connectivity index (χ3n) is 4.34. The highest BCUT2D eigenvalue weighted by Gasteiger charge is 2.25. The summed E-state index contributed by atoms with van der Waals surface area (Å²) in [6.07, 6.45) is 4.34. The maximum absolute atomic E-state index is 12.0. The van der Waals surface area contributed by atoms with Crippen molar-refractivity contribution in [1.29, 1.82) is 0 Å². The van der Waals surface area contributed by atoms with E-state index < -0.39 is 0 Å². The van der Waals surface area contributed by atoms with Crippen LogP contribution in [-0.2, 0) is 9.53 Å². The fourth-order valence-corrected chi connectivity index (χ4v) is 2.71. The number of benzene rings is 1. The zero-order chi connectivity index (χ0) is 16.2. The number of aryl methyl sites for hydroxylation is 1. The molecule has 2 aliphatic rings. The van der Waals surface area contributed by atoms with Gasteiger partial charge in [-0.05, 0) is 50.5 Å². The molecule has 1 aromatic rings. The van der Waals surface area contributed by atoms with E-state index in [1.54, 1.807) is 0 Å². The molecule has 1 atom stereocenters. The van der Waals surface area contributed by atoms with Crippen LogP contribution in [0.3, 0.4) is 0 Å². The summed E-state index contributed by atoms with van der Waals surface area (Å²) >= 11 is 0. The van der Waals surface area contributed by atoms with Crippen LogP contribution in [0.2, 0.25) is 0 Å². The summed E-state index contributed by atoms with van der Waals surface area (Å²) in [7, 11) is 0. The van der Waals surface area contributed by atoms with E-state index in [9.17, 15) is 4.79 Å². The molecule has 1 saturated heterocycles. The van der Waals surface area contributed by atoms with Crippen molar-refractivity contribution < 1.29 is 14.3 Å². The Balaban J connectivity index is 1.56. The quantitative estimate of drug-likeness (QED) is 0.846. The predicted octanol–water partition coefficient (Wildman–Crippen LogP) is 2.63. The normalized spacial score (nSPS) is 19.9. The Morgan fingerprint density at radius 1 is 1.26 bits per heavy atom. The van der Waals surface area contributed by atoms with Crippen molar-refractivity contribution in [3.8, 4) is 5.75 Å². The minimum atomic E-state index is -0.239. The van der Waals surface area contributed by atoms with E-state index in [0.29, 0.717) is 6.04 Å². The molecule has 0 spiro atoms. The van der Waals surface area contributed by atoms with Crippen molar-refractivity contribution in [3.05, 3.63) is 23.8 Å². The summed E-state index contributed by atoms with van der Waals surface area (Å²) in [6.45, 7) is 5.47. The summed E-state index contributed by atoms with van der Waals surface area (Å²) in [4.78, 5) is 12.0. The largest absolute Gasteiger partial charge is 0.490 e. The average molecular weight is 318 g/mol. The minimum absolute atomic E-state index is 0.0627. The van der Waals surface area contributed by atoms with Gasteiger partial charge in [0.15, 0.2) is 0 Å². The number of ether oxygens (including phenoxy) is 2. The Morgan fingerprint density at radius 2 is 2.00 bits per heavy atom. The molecule has 5 nitrogen and oxygen atoms in total. The molecular formula is C18H26N2O3. The van der Waals surface area contributed by atoms with E-state index in [4.69, 9.17) is 9.47 Å². The van der Waals surface area contributed by atoms with Gasteiger partial charge in [-0.25, -0.2) is 0 Å². The number of hydrogen-bond acceptors (Lipinski definition) is 4. The summed E-state index contributed by atoms with van der Waals surface area (Å²) in [6, 6.07) is 6.15. The average Bonchev–Trinajstić information content (AvgIpc) is 3.35. The number of carbonyl (C=O) groups is 1. The summed E-state index contributed by atoms with van der Waals surface area (Å²) in [5, 5.41) is 6.27. The molecule has 1 amide bonds. The number of anilines is 1. The van der Waals surface area contributed by atoms with E-state index >= 15 is 0 Å². The maximum atomic E-state index is 12.0. The molecule has 0 radical (unpaired) electrons. The Labute approximate surface area is 137 Å². The summed E-state index contributed by atoms with van der Waals surface area (Å²) < 4.78 is 11.4. The van der Waals surface area contributed by atoms with Crippen LogP contribution in [0.4, 0.5) is 5.69 Å². The van der Waals surface area contributed by atoms with Crippen LogP contribution in [0, 0.1) is 6.92 Å². The van der Waals surface area contributed by atoms with Gasteiger partial charge >= 0.3 is 0 Å². The number of hydrogen-bond donors (Lipinski definition) is 2. The molecule has 3 rings (SSSR count). The molecule has 1 aliphatic heterocycles. The highest BCUT2D eigenvalue weighted by molar-refractivity contribution is 5.84. The van der Waals surface area contributed by atoms with E-state index in [0.717, 1.165) is 55.9 Å². The van der Waals surface area contributed by atoms with Gasteiger partial charge in [0.05, 0.1) is 13.2 Å². The van der Waals surface area contributed by atoms with Crippen molar-refractivity contribution in [1.82, 2.24) is 5.32 Å². The second-order valence-electron chi connectivity index (χ2n) is 6.56. The molecule has 2 fully saturated rings. The smallest absolute Gasteiger partial charge is 0.242 e. The zero-order valence-corrected chi connectivity index (χ0v) is 13.9. The number of amides is 1. The van der Waals surface area contributed by atoms with Crippen LogP contribution < -0.4 is 15.4 Å². The Morgan fingerprint density at radius 3 is 2.65 bits per heavy atom. The molecular weight excluding hydrogens is 292 g/mol. The fourth-order valence-electron chi connectivity index (χ4n) is 2.71. The van der Waals surface area contributed by atoms with E-state index in [-0.39, 0.29) is 18.1 Å². The second-order valence-corrected chi connectivity index (χ2v) is 6.56. The molecule has 1 saturated carbocycles. The van der Waals surface area contributed by atoms with E-state index in [1.165, 1.54) is 0 Å². The van der Waals surface area contributed by atoms with Crippen molar-refractivity contribution in [3.63, 3.8) is 0 Å². The lowest BCUT2D eigenvalue weighted by Crippen LogP contribution is -2.38. The van der Waals surface area contributed by atoms with E-state index in [1.807, 2.05) is 32.0 Å². The number of rotatable bonds is 6. The number of nitrogens with one attached hydrogen (secondary N) is 2. The van der Waals surface area contributed by atoms with Gasteiger partial charge in [-0.1, -0.05) is 0 Å². The van der Waals surface area contributed by atoms with Gasteiger partial charge < -0.3 is 20.1 Å².